The van der Waals surface area contributed by atoms with E-state index in [1.54, 1.807) is 0 Å². The molecule has 0 unspecified atom stereocenters. The van der Waals surface area contributed by atoms with Crippen LogP contribution in [-0.2, 0) is 4.79 Å². The van der Waals surface area contributed by atoms with Gasteiger partial charge in [0, 0.05) is 18.4 Å². The summed E-state index contributed by atoms with van der Waals surface area (Å²) in [5.74, 6) is 2.70. The summed E-state index contributed by atoms with van der Waals surface area (Å²) < 4.78 is 5.41. The minimum absolute atomic E-state index is 0.00173. The summed E-state index contributed by atoms with van der Waals surface area (Å²) >= 11 is 0. The van der Waals surface area contributed by atoms with E-state index in [-0.39, 0.29) is 17.9 Å². The van der Waals surface area contributed by atoms with Crippen molar-refractivity contribution >= 4 is 5.91 Å². The number of benzene rings is 1. The number of nitrogens with zero attached hydrogens (tertiary/aromatic N) is 3. The minimum Gasteiger partial charge on any atom is -0.339 e. The number of aryl methyl sites for hydroxylation is 1. The average molecular weight is 337 g/mol. The Hall–Kier alpha value is -2.17. The first-order chi connectivity index (χ1) is 12.2. The van der Waals surface area contributed by atoms with Crippen LogP contribution < -0.4 is 0 Å². The maximum absolute atomic E-state index is 13.1. The fraction of sp³-hybridized carbons (Fsp3) is 0.550. The Labute approximate surface area is 147 Å². The highest BCUT2D eigenvalue weighted by atomic mass is 16.5. The molecule has 0 bridgehead atoms. The van der Waals surface area contributed by atoms with Crippen LogP contribution in [0.2, 0.25) is 0 Å². The van der Waals surface area contributed by atoms with Gasteiger partial charge in [0.15, 0.2) is 5.82 Å². The van der Waals surface area contributed by atoms with Crippen LogP contribution in [0.1, 0.15) is 72.8 Å². The molecule has 1 amide bonds. The van der Waals surface area contributed by atoms with Gasteiger partial charge in [0.05, 0.1) is 6.04 Å². The van der Waals surface area contributed by atoms with Gasteiger partial charge in [-0.25, -0.2) is 0 Å². The lowest BCUT2D eigenvalue weighted by Gasteiger charge is -2.22. The number of carbonyl (C=O) groups excluding carboxylic acids is 1. The summed E-state index contributed by atoms with van der Waals surface area (Å²) in [6, 6.07) is 8.42. The van der Waals surface area contributed by atoms with E-state index >= 15 is 0 Å². The normalized spacial score (nSPS) is 28.4. The Morgan fingerprint density at radius 1 is 1.24 bits per heavy atom. The monoisotopic (exact) mass is 337 g/mol. The third-order valence-corrected chi connectivity index (χ3v) is 5.91. The van der Waals surface area contributed by atoms with Crippen molar-refractivity contribution in [2.24, 2.45) is 5.92 Å². The molecule has 25 heavy (non-hydrogen) atoms. The maximum atomic E-state index is 13.1. The largest absolute Gasteiger partial charge is 0.339 e. The topological polar surface area (TPSA) is 59.2 Å². The van der Waals surface area contributed by atoms with E-state index in [0.717, 1.165) is 44.5 Å². The molecule has 3 aliphatic rings. The third kappa shape index (κ3) is 2.66. The van der Waals surface area contributed by atoms with Gasteiger partial charge in [-0.1, -0.05) is 29.4 Å². The van der Waals surface area contributed by atoms with Gasteiger partial charge in [-0.05, 0) is 56.1 Å². The average Bonchev–Trinajstić information content (AvgIpc) is 3.52. The number of carbonyl (C=O) groups is 1. The smallest absolute Gasteiger partial charge is 0.229 e. The quantitative estimate of drug-likeness (QED) is 0.853. The van der Waals surface area contributed by atoms with Gasteiger partial charge in [-0.15, -0.1) is 0 Å². The molecule has 5 heteroatoms. The summed E-state index contributed by atoms with van der Waals surface area (Å²) in [7, 11) is 0. The molecule has 1 saturated heterocycles. The highest BCUT2D eigenvalue weighted by molar-refractivity contribution is 5.83. The van der Waals surface area contributed by atoms with Crippen LogP contribution in [0, 0.1) is 12.8 Å². The molecule has 5 rings (SSSR count). The first kappa shape index (κ1) is 15.1. The Bertz CT molecular complexity index is 811. The summed E-state index contributed by atoms with van der Waals surface area (Å²) in [4.78, 5) is 19.7. The van der Waals surface area contributed by atoms with Crippen LogP contribution in [0.3, 0.4) is 0 Å². The molecule has 2 aromatic rings. The van der Waals surface area contributed by atoms with Crippen molar-refractivity contribution in [3.05, 3.63) is 47.1 Å². The van der Waals surface area contributed by atoms with Crippen molar-refractivity contribution in [2.45, 2.75) is 56.9 Å². The van der Waals surface area contributed by atoms with Gasteiger partial charge in [0.25, 0.3) is 0 Å². The van der Waals surface area contributed by atoms with E-state index in [1.807, 2.05) is 4.90 Å². The van der Waals surface area contributed by atoms with Crippen molar-refractivity contribution in [1.29, 1.82) is 0 Å². The second-order valence-electron chi connectivity index (χ2n) is 7.76. The lowest BCUT2D eigenvalue weighted by molar-refractivity contribution is -0.133. The van der Waals surface area contributed by atoms with Gasteiger partial charge in [-0.2, -0.15) is 4.98 Å². The van der Waals surface area contributed by atoms with E-state index < -0.39 is 0 Å². The SMILES string of the molecule is Cc1ccccc1[C@@H]1C[C@H]1C(=O)N1CCC[C@H]1c1noc(C2CC2)n1. The van der Waals surface area contributed by atoms with E-state index in [4.69, 9.17) is 4.52 Å². The molecular weight excluding hydrogens is 314 g/mol. The van der Waals surface area contributed by atoms with Gasteiger partial charge < -0.3 is 9.42 Å². The summed E-state index contributed by atoms with van der Waals surface area (Å²) in [6.07, 6.45) is 5.22. The van der Waals surface area contributed by atoms with Crippen LogP contribution >= 0.6 is 0 Å². The molecule has 0 spiro atoms. The van der Waals surface area contributed by atoms with Crippen molar-refractivity contribution in [3.63, 3.8) is 0 Å². The molecule has 2 saturated carbocycles. The lowest BCUT2D eigenvalue weighted by Crippen LogP contribution is -2.32. The zero-order valence-corrected chi connectivity index (χ0v) is 14.5. The fourth-order valence-corrected chi connectivity index (χ4v) is 4.21. The minimum atomic E-state index is 0.00173. The predicted molar refractivity (Wildman–Crippen MR) is 92.0 cm³/mol. The zero-order chi connectivity index (χ0) is 17.0. The molecule has 1 aliphatic heterocycles. The van der Waals surface area contributed by atoms with Crippen molar-refractivity contribution < 1.29 is 9.32 Å². The summed E-state index contributed by atoms with van der Waals surface area (Å²) in [6.45, 7) is 2.94. The van der Waals surface area contributed by atoms with Crippen LogP contribution in [0.5, 0.6) is 0 Å². The highest BCUT2D eigenvalue weighted by Gasteiger charge is 2.48. The second-order valence-corrected chi connectivity index (χ2v) is 7.76. The standard InChI is InChI=1S/C20H23N3O2/c1-12-5-2-3-6-14(12)15-11-16(15)20(24)23-10-4-7-17(23)18-21-19(25-22-18)13-8-9-13/h2-3,5-6,13,15-17H,4,7-11H2,1H3/t15-,16+,17-/m0/s1. The molecule has 1 aromatic heterocycles. The van der Waals surface area contributed by atoms with Crippen LogP contribution in [0.4, 0.5) is 0 Å². The van der Waals surface area contributed by atoms with Gasteiger partial charge in [-0.3, -0.25) is 4.79 Å². The number of aromatic nitrogens is 2. The predicted octanol–water partition coefficient (Wildman–Crippen LogP) is 3.72. The molecule has 2 aliphatic carbocycles. The highest BCUT2D eigenvalue weighted by Crippen LogP contribution is 2.51. The van der Waals surface area contributed by atoms with Crippen LogP contribution in [0.15, 0.2) is 28.8 Å². The lowest BCUT2D eigenvalue weighted by atomic mass is 10.0. The van der Waals surface area contributed by atoms with Crippen molar-refractivity contribution in [3.8, 4) is 0 Å². The van der Waals surface area contributed by atoms with E-state index in [9.17, 15) is 4.79 Å². The molecule has 130 valence electrons. The Balaban J connectivity index is 1.32. The second kappa shape index (κ2) is 5.68. The Kier molecular flexibility index (Phi) is 3.43. The molecule has 1 aromatic carbocycles. The Morgan fingerprint density at radius 2 is 2.08 bits per heavy atom. The molecule has 0 radical (unpaired) electrons. The fourth-order valence-electron chi connectivity index (χ4n) is 4.21. The third-order valence-electron chi connectivity index (χ3n) is 5.91. The first-order valence-corrected chi connectivity index (χ1v) is 9.42. The van der Waals surface area contributed by atoms with E-state index in [2.05, 4.69) is 41.3 Å². The van der Waals surface area contributed by atoms with E-state index in [0.29, 0.717) is 17.7 Å². The first-order valence-electron chi connectivity index (χ1n) is 9.42. The van der Waals surface area contributed by atoms with Crippen LogP contribution in [0.25, 0.3) is 0 Å². The zero-order valence-electron chi connectivity index (χ0n) is 14.5. The summed E-state index contributed by atoms with van der Waals surface area (Å²) in [5.41, 5.74) is 2.61. The Morgan fingerprint density at radius 3 is 2.88 bits per heavy atom. The molecule has 0 N–H and O–H groups in total. The molecule has 2 heterocycles. The number of likely N-dealkylation sites (tertiary alicyclic amines) is 1. The van der Waals surface area contributed by atoms with Crippen molar-refractivity contribution in [1.82, 2.24) is 15.0 Å². The number of hydrogen-bond acceptors (Lipinski definition) is 4. The van der Waals surface area contributed by atoms with E-state index in [1.165, 1.54) is 11.1 Å². The number of amides is 1. The van der Waals surface area contributed by atoms with Crippen molar-refractivity contribution in [2.75, 3.05) is 6.54 Å². The maximum Gasteiger partial charge on any atom is 0.229 e. The molecule has 5 nitrogen and oxygen atoms in total. The molecule has 3 fully saturated rings. The number of rotatable bonds is 4. The molecule has 3 atom stereocenters. The van der Waals surface area contributed by atoms with Gasteiger partial charge in [0.2, 0.25) is 11.8 Å². The van der Waals surface area contributed by atoms with Crippen LogP contribution in [-0.4, -0.2) is 27.5 Å². The van der Waals surface area contributed by atoms with Gasteiger partial charge in [0.1, 0.15) is 0 Å². The number of hydrogen-bond donors (Lipinski definition) is 0. The van der Waals surface area contributed by atoms with Gasteiger partial charge >= 0.3 is 0 Å². The molecular formula is C20H23N3O2. The summed E-state index contributed by atoms with van der Waals surface area (Å²) in [5, 5.41) is 4.18.